The van der Waals surface area contributed by atoms with E-state index in [9.17, 15) is 9.59 Å². The number of carbonyl (C=O) groups is 2. The maximum absolute atomic E-state index is 12.7. The van der Waals surface area contributed by atoms with Crippen LogP contribution in [-0.4, -0.2) is 52.4 Å². The van der Waals surface area contributed by atoms with Gasteiger partial charge in [-0.15, -0.1) is 0 Å². The minimum Gasteiger partial charge on any atom is -0.340 e. The van der Waals surface area contributed by atoms with Gasteiger partial charge >= 0.3 is 0 Å². The summed E-state index contributed by atoms with van der Waals surface area (Å²) in [5.74, 6) is 0.0430. The lowest BCUT2D eigenvalue weighted by Crippen LogP contribution is -2.50. The van der Waals surface area contributed by atoms with Gasteiger partial charge in [0.05, 0.1) is 0 Å². The topological polar surface area (TPSA) is 45.6 Å². The summed E-state index contributed by atoms with van der Waals surface area (Å²) in [6, 6.07) is 7.50. The number of rotatable bonds is 1. The average molecular weight is 320 g/mol. The van der Waals surface area contributed by atoms with Gasteiger partial charge in [0.1, 0.15) is 5.69 Å². The Bertz CT molecular complexity index is 745. The Kier molecular flexibility index (Phi) is 3.83. The number of carbonyl (C=O) groups excluding carboxylic acids is 2. The molecule has 2 heterocycles. The van der Waals surface area contributed by atoms with Gasteiger partial charge in [0.25, 0.3) is 5.91 Å². The van der Waals surface area contributed by atoms with Crippen LogP contribution in [0.3, 0.4) is 0 Å². The van der Waals surface area contributed by atoms with Crippen molar-refractivity contribution in [2.24, 2.45) is 7.05 Å². The van der Waals surface area contributed by atoms with Crippen LogP contribution >= 0.6 is 11.6 Å². The lowest BCUT2D eigenvalue weighted by Gasteiger charge is -2.34. The molecule has 0 N–H and O–H groups in total. The Labute approximate surface area is 134 Å². The van der Waals surface area contributed by atoms with Crippen molar-refractivity contribution in [3.05, 3.63) is 35.0 Å². The first-order chi connectivity index (χ1) is 10.5. The molecule has 22 heavy (non-hydrogen) atoms. The second-order valence-electron chi connectivity index (χ2n) is 5.56. The fourth-order valence-corrected chi connectivity index (χ4v) is 3.14. The highest BCUT2D eigenvalue weighted by Gasteiger charge is 2.25. The summed E-state index contributed by atoms with van der Waals surface area (Å²) in [4.78, 5) is 27.7. The molecule has 0 aliphatic carbocycles. The summed E-state index contributed by atoms with van der Waals surface area (Å²) in [6.07, 6.45) is 0. The molecule has 0 bridgehead atoms. The Hall–Kier alpha value is -2.01. The highest BCUT2D eigenvalue weighted by Crippen LogP contribution is 2.27. The van der Waals surface area contributed by atoms with E-state index in [1.807, 2.05) is 35.9 Å². The molecule has 0 unspecified atom stereocenters. The fourth-order valence-electron chi connectivity index (χ4n) is 2.92. The molecule has 6 heteroatoms. The van der Waals surface area contributed by atoms with Crippen molar-refractivity contribution in [2.75, 3.05) is 26.2 Å². The minimum absolute atomic E-state index is 0.0158. The SMILES string of the molecule is CC(=O)N1CCN(C(=O)c2cc3c(Cl)cccc3n2C)CC1. The van der Waals surface area contributed by atoms with E-state index in [0.717, 1.165) is 10.9 Å². The maximum atomic E-state index is 12.7. The molecule has 0 saturated carbocycles. The molecule has 1 aromatic carbocycles. The van der Waals surface area contributed by atoms with Gasteiger partial charge in [-0.2, -0.15) is 0 Å². The number of aryl methyl sites for hydroxylation is 1. The number of fused-ring (bicyclic) bond motifs is 1. The Morgan fingerprint density at radius 3 is 2.32 bits per heavy atom. The Morgan fingerprint density at radius 2 is 1.73 bits per heavy atom. The van der Waals surface area contributed by atoms with Gasteiger partial charge < -0.3 is 14.4 Å². The third kappa shape index (κ3) is 2.46. The third-order valence-corrected chi connectivity index (χ3v) is 4.59. The quantitative estimate of drug-likeness (QED) is 0.808. The van der Waals surface area contributed by atoms with Crippen molar-refractivity contribution in [3.63, 3.8) is 0 Å². The first-order valence-electron chi connectivity index (χ1n) is 7.28. The van der Waals surface area contributed by atoms with Crippen LogP contribution in [0.1, 0.15) is 17.4 Å². The first-order valence-corrected chi connectivity index (χ1v) is 7.65. The number of amides is 2. The van der Waals surface area contributed by atoms with Crippen LogP contribution < -0.4 is 0 Å². The van der Waals surface area contributed by atoms with Crippen LogP contribution in [0, 0.1) is 0 Å². The number of aromatic nitrogens is 1. The van der Waals surface area contributed by atoms with Crippen molar-refractivity contribution >= 4 is 34.3 Å². The van der Waals surface area contributed by atoms with Crippen molar-refractivity contribution in [1.82, 2.24) is 14.4 Å². The van der Waals surface area contributed by atoms with Crippen molar-refractivity contribution in [1.29, 1.82) is 0 Å². The van der Waals surface area contributed by atoms with E-state index in [4.69, 9.17) is 11.6 Å². The van der Waals surface area contributed by atoms with E-state index < -0.39 is 0 Å². The number of benzene rings is 1. The molecule has 5 nitrogen and oxygen atoms in total. The lowest BCUT2D eigenvalue weighted by atomic mass is 10.2. The largest absolute Gasteiger partial charge is 0.340 e. The standard InChI is InChI=1S/C16H18ClN3O2/c1-11(21)19-6-8-20(9-7-19)16(22)15-10-12-13(17)4-3-5-14(12)18(15)2/h3-5,10H,6-9H2,1-2H3. The van der Waals surface area contributed by atoms with E-state index in [0.29, 0.717) is 36.9 Å². The molecule has 1 fully saturated rings. The molecule has 3 rings (SSSR count). The summed E-state index contributed by atoms with van der Waals surface area (Å²) in [5.41, 5.74) is 1.57. The molecular weight excluding hydrogens is 302 g/mol. The van der Waals surface area contributed by atoms with Gasteiger partial charge in [0.15, 0.2) is 0 Å². The van der Waals surface area contributed by atoms with Gasteiger partial charge in [-0.1, -0.05) is 17.7 Å². The van der Waals surface area contributed by atoms with E-state index in [-0.39, 0.29) is 11.8 Å². The van der Waals surface area contributed by atoms with Gasteiger partial charge in [-0.05, 0) is 18.2 Å². The second kappa shape index (κ2) is 5.65. The smallest absolute Gasteiger partial charge is 0.270 e. The van der Waals surface area contributed by atoms with Crippen LogP contribution in [0.2, 0.25) is 5.02 Å². The van der Waals surface area contributed by atoms with Crippen molar-refractivity contribution < 1.29 is 9.59 Å². The van der Waals surface area contributed by atoms with Gasteiger partial charge in [0, 0.05) is 56.1 Å². The lowest BCUT2D eigenvalue weighted by molar-refractivity contribution is -0.130. The minimum atomic E-state index is -0.0158. The van der Waals surface area contributed by atoms with Crippen LogP contribution in [-0.2, 0) is 11.8 Å². The highest BCUT2D eigenvalue weighted by molar-refractivity contribution is 6.35. The summed E-state index contributed by atoms with van der Waals surface area (Å²) >= 11 is 6.20. The molecule has 2 amide bonds. The predicted molar refractivity (Wildman–Crippen MR) is 86.1 cm³/mol. The zero-order valence-corrected chi connectivity index (χ0v) is 13.4. The van der Waals surface area contributed by atoms with E-state index in [1.54, 1.807) is 16.7 Å². The van der Waals surface area contributed by atoms with E-state index in [1.165, 1.54) is 0 Å². The second-order valence-corrected chi connectivity index (χ2v) is 5.97. The predicted octanol–water partition coefficient (Wildman–Crippen LogP) is 2.14. The van der Waals surface area contributed by atoms with Crippen LogP contribution in [0.4, 0.5) is 0 Å². The van der Waals surface area contributed by atoms with Gasteiger partial charge in [0.2, 0.25) is 5.91 Å². The van der Waals surface area contributed by atoms with Crippen molar-refractivity contribution in [3.8, 4) is 0 Å². The third-order valence-electron chi connectivity index (χ3n) is 4.26. The molecule has 2 aromatic rings. The summed E-state index contributed by atoms with van der Waals surface area (Å²) in [5, 5.41) is 1.53. The molecule has 1 aromatic heterocycles. The molecular formula is C16H18ClN3O2. The number of halogens is 1. The first kappa shape index (κ1) is 14.9. The Morgan fingerprint density at radius 1 is 1.09 bits per heavy atom. The number of hydrogen-bond acceptors (Lipinski definition) is 2. The maximum Gasteiger partial charge on any atom is 0.270 e. The Balaban J connectivity index is 1.86. The zero-order valence-electron chi connectivity index (χ0n) is 12.7. The highest BCUT2D eigenvalue weighted by atomic mass is 35.5. The molecule has 1 saturated heterocycles. The molecule has 1 aliphatic heterocycles. The molecule has 116 valence electrons. The number of nitrogens with zero attached hydrogens (tertiary/aromatic N) is 3. The summed E-state index contributed by atoms with van der Waals surface area (Å²) < 4.78 is 1.88. The summed E-state index contributed by atoms with van der Waals surface area (Å²) in [7, 11) is 1.87. The monoisotopic (exact) mass is 319 g/mol. The summed E-state index contributed by atoms with van der Waals surface area (Å²) in [6.45, 7) is 3.86. The molecule has 1 aliphatic rings. The zero-order chi connectivity index (χ0) is 15.9. The molecule has 0 radical (unpaired) electrons. The van der Waals surface area contributed by atoms with Gasteiger partial charge in [-0.25, -0.2) is 0 Å². The molecule has 0 atom stereocenters. The van der Waals surface area contributed by atoms with Crippen LogP contribution in [0.25, 0.3) is 10.9 Å². The van der Waals surface area contributed by atoms with E-state index >= 15 is 0 Å². The van der Waals surface area contributed by atoms with Crippen LogP contribution in [0.5, 0.6) is 0 Å². The number of piperazine rings is 1. The van der Waals surface area contributed by atoms with E-state index in [2.05, 4.69) is 0 Å². The number of hydrogen-bond donors (Lipinski definition) is 0. The van der Waals surface area contributed by atoms with Crippen LogP contribution in [0.15, 0.2) is 24.3 Å². The van der Waals surface area contributed by atoms with Gasteiger partial charge in [-0.3, -0.25) is 9.59 Å². The normalized spacial score (nSPS) is 15.4. The van der Waals surface area contributed by atoms with Crippen molar-refractivity contribution in [2.45, 2.75) is 6.92 Å². The fraction of sp³-hybridized carbons (Fsp3) is 0.375. The molecule has 0 spiro atoms. The average Bonchev–Trinajstić information content (AvgIpc) is 2.85.